The Morgan fingerprint density at radius 2 is 1.81 bits per heavy atom. The fourth-order valence-electron chi connectivity index (χ4n) is 0.767. The minimum atomic E-state index is -1.13. The second kappa shape index (κ2) is 4.72. The van der Waals surface area contributed by atoms with E-state index in [4.69, 9.17) is 0 Å². The molecule has 0 saturated heterocycles. The number of hydrogen-bond acceptors (Lipinski definition) is 9. The zero-order valence-corrected chi connectivity index (χ0v) is 7.47. The van der Waals surface area contributed by atoms with E-state index in [1.54, 1.807) is 0 Å². The standard InChI is InChI=1S/C4H4N4O8/c9-6-4(2-15-8(12)13)3(5-16-6)1-14-7(10)11/h1-2H2. The van der Waals surface area contributed by atoms with Gasteiger partial charge in [-0.2, -0.15) is 0 Å². The quantitative estimate of drug-likeness (QED) is 0.333. The van der Waals surface area contributed by atoms with Gasteiger partial charge in [-0.05, 0) is 4.90 Å². The van der Waals surface area contributed by atoms with E-state index in [1.807, 2.05) is 0 Å². The first kappa shape index (κ1) is 11.4. The summed E-state index contributed by atoms with van der Waals surface area (Å²) in [7, 11) is 0. The van der Waals surface area contributed by atoms with Crippen LogP contribution in [0.15, 0.2) is 4.63 Å². The van der Waals surface area contributed by atoms with E-state index in [9.17, 15) is 25.4 Å². The highest BCUT2D eigenvalue weighted by Crippen LogP contribution is 2.04. The molecule has 0 unspecified atom stereocenters. The second-order valence-electron chi connectivity index (χ2n) is 2.32. The van der Waals surface area contributed by atoms with E-state index in [0.717, 1.165) is 0 Å². The normalized spacial score (nSPS) is 9.75. The van der Waals surface area contributed by atoms with Crippen LogP contribution in [0.1, 0.15) is 11.4 Å². The van der Waals surface area contributed by atoms with Crippen LogP contribution in [0.3, 0.4) is 0 Å². The molecule has 12 heteroatoms. The van der Waals surface area contributed by atoms with Crippen molar-refractivity contribution < 1.29 is 29.4 Å². The van der Waals surface area contributed by atoms with E-state index < -0.39 is 23.4 Å². The highest BCUT2D eigenvalue weighted by molar-refractivity contribution is 5.00. The molecule has 0 fully saturated rings. The zero-order valence-electron chi connectivity index (χ0n) is 7.47. The van der Waals surface area contributed by atoms with Gasteiger partial charge in [-0.25, -0.2) is 0 Å². The summed E-state index contributed by atoms with van der Waals surface area (Å²) >= 11 is 0. The minimum absolute atomic E-state index is 0.165. The SMILES string of the molecule is O=[N+]([O-])OCc1no[n+]([O-])c1CO[N+](=O)[O-]. The Kier molecular flexibility index (Phi) is 3.37. The molecule has 0 saturated carbocycles. The smallest absolute Gasteiger partial charge is 0.294 e. The van der Waals surface area contributed by atoms with E-state index in [-0.39, 0.29) is 16.3 Å². The Morgan fingerprint density at radius 1 is 1.25 bits per heavy atom. The monoisotopic (exact) mass is 236 g/mol. The molecule has 0 radical (unpaired) electrons. The molecule has 1 aromatic rings. The third-order valence-electron chi connectivity index (χ3n) is 1.39. The Morgan fingerprint density at radius 3 is 2.38 bits per heavy atom. The van der Waals surface area contributed by atoms with Gasteiger partial charge in [-0.15, -0.1) is 20.2 Å². The molecule has 16 heavy (non-hydrogen) atoms. The Balaban J connectivity index is 2.69. The maximum Gasteiger partial charge on any atom is 0.294 e. The molecule has 0 spiro atoms. The maximum absolute atomic E-state index is 10.9. The Labute approximate surface area is 85.7 Å². The van der Waals surface area contributed by atoms with Gasteiger partial charge < -0.3 is 14.9 Å². The van der Waals surface area contributed by atoms with Gasteiger partial charge in [0.05, 0.1) is 0 Å². The summed E-state index contributed by atoms with van der Waals surface area (Å²) in [5.41, 5.74) is -0.632. The topological polar surface area (TPSA) is 158 Å². The van der Waals surface area contributed by atoms with Crippen LogP contribution < -0.4 is 4.90 Å². The molecule has 0 atom stereocenters. The van der Waals surface area contributed by atoms with Crippen molar-refractivity contribution in [2.75, 3.05) is 0 Å². The van der Waals surface area contributed by atoms with Gasteiger partial charge in [0.15, 0.2) is 13.2 Å². The summed E-state index contributed by atoms with van der Waals surface area (Å²) in [6.45, 7) is -1.40. The molecular weight excluding hydrogens is 232 g/mol. The molecule has 0 aliphatic carbocycles. The van der Waals surface area contributed by atoms with Crippen molar-refractivity contribution in [3.63, 3.8) is 0 Å². The van der Waals surface area contributed by atoms with Crippen molar-refractivity contribution in [3.05, 3.63) is 36.8 Å². The lowest BCUT2D eigenvalue weighted by Gasteiger charge is -1.96. The van der Waals surface area contributed by atoms with Crippen LogP contribution in [0.4, 0.5) is 0 Å². The average Bonchev–Trinajstić information content (AvgIpc) is 2.53. The van der Waals surface area contributed by atoms with Crippen LogP contribution in [-0.4, -0.2) is 15.3 Å². The van der Waals surface area contributed by atoms with Crippen LogP contribution in [0, 0.1) is 25.4 Å². The van der Waals surface area contributed by atoms with E-state index in [2.05, 4.69) is 19.5 Å². The number of rotatable bonds is 6. The first-order valence-electron chi connectivity index (χ1n) is 3.62. The molecule has 0 bridgehead atoms. The molecule has 1 rings (SSSR count). The molecule has 0 aliphatic rings. The van der Waals surface area contributed by atoms with Crippen molar-refractivity contribution in [3.8, 4) is 0 Å². The first-order chi connectivity index (χ1) is 7.50. The predicted molar refractivity (Wildman–Crippen MR) is 39.0 cm³/mol. The lowest BCUT2D eigenvalue weighted by molar-refractivity contribution is -0.821. The van der Waals surface area contributed by atoms with Crippen molar-refractivity contribution in [2.24, 2.45) is 0 Å². The molecule has 0 amide bonds. The molecule has 1 heterocycles. The van der Waals surface area contributed by atoms with Crippen molar-refractivity contribution in [1.29, 1.82) is 0 Å². The number of aromatic nitrogens is 2. The lowest BCUT2D eigenvalue weighted by atomic mass is 10.3. The first-order valence-corrected chi connectivity index (χ1v) is 3.62. The van der Waals surface area contributed by atoms with Gasteiger partial charge in [0.2, 0.25) is 11.4 Å². The van der Waals surface area contributed by atoms with Gasteiger partial charge in [0, 0.05) is 5.16 Å². The van der Waals surface area contributed by atoms with Crippen LogP contribution in [0.5, 0.6) is 0 Å². The van der Waals surface area contributed by atoms with Gasteiger partial charge in [-0.1, -0.05) is 0 Å². The summed E-state index contributed by atoms with van der Waals surface area (Å²) in [5.74, 6) is 0. The summed E-state index contributed by atoms with van der Waals surface area (Å²) in [5, 5.41) is 31.4. The van der Waals surface area contributed by atoms with Crippen LogP contribution >= 0.6 is 0 Å². The van der Waals surface area contributed by atoms with Crippen LogP contribution in [0.25, 0.3) is 0 Å². The summed E-state index contributed by atoms with van der Waals surface area (Å²) in [6, 6.07) is 0. The van der Waals surface area contributed by atoms with Gasteiger partial charge >= 0.3 is 0 Å². The highest BCUT2D eigenvalue weighted by Gasteiger charge is 2.21. The van der Waals surface area contributed by atoms with E-state index in [1.165, 1.54) is 0 Å². The van der Waals surface area contributed by atoms with Crippen molar-refractivity contribution >= 4 is 0 Å². The second-order valence-corrected chi connectivity index (χ2v) is 2.32. The fraction of sp³-hybridized carbons (Fsp3) is 0.500. The van der Waals surface area contributed by atoms with Gasteiger partial charge in [-0.3, -0.25) is 4.63 Å². The number of hydrogen-bond donors (Lipinski definition) is 0. The third kappa shape index (κ3) is 2.93. The molecular formula is C4H4N4O8. The van der Waals surface area contributed by atoms with Crippen molar-refractivity contribution in [2.45, 2.75) is 13.2 Å². The lowest BCUT2D eigenvalue weighted by Crippen LogP contribution is -2.29. The van der Waals surface area contributed by atoms with E-state index in [0.29, 0.717) is 0 Å². The van der Waals surface area contributed by atoms with Gasteiger partial charge in [0.25, 0.3) is 10.2 Å². The molecule has 1 aromatic heterocycles. The Bertz CT molecular complexity index is 401. The molecule has 0 N–H and O–H groups in total. The fourth-order valence-corrected chi connectivity index (χ4v) is 0.767. The van der Waals surface area contributed by atoms with Gasteiger partial charge in [0.1, 0.15) is 0 Å². The number of nitrogens with zero attached hydrogens (tertiary/aromatic N) is 4. The zero-order chi connectivity index (χ0) is 12.1. The molecule has 0 aromatic carbocycles. The average molecular weight is 236 g/mol. The van der Waals surface area contributed by atoms with Crippen LogP contribution in [0.2, 0.25) is 0 Å². The summed E-state index contributed by atoms with van der Waals surface area (Å²) in [4.78, 5) is 27.4. The molecule has 0 aliphatic heterocycles. The largest absolute Gasteiger partial charge is 0.359 e. The third-order valence-corrected chi connectivity index (χ3v) is 1.39. The summed E-state index contributed by atoms with van der Waals surface area (Å²) in [6.07, 6.45) is 0. The summed E-state index contributed by atoms with van der Waals surface area (Å²) < 4.78 is 4.07. The molecule has 12 nitrogen and oxygen atoms in total. The predicted octanol–water partition coefficient (Wildman–Crippen LogP) is -1.28. The minimum Gasteiger partial charge on any atom is -0.359 e. The van der Waals surface area contributed by atoms with Crippen LogP contribution in [-0.2, 0) is 22.9 Å². The maximum atomic E-state index is 10.9. The Hall–Kier alpha value is -2.66. The van der Waals surface area contributed by atoms with E-state index >= 15 is 0 Å². The highest BCUT2D eigenvalue weighted by atomic mass is 17.0. The molecule has 88 valence electrons. The van der Waals surface area contributed by atoms with Crippen molar-refractivity contribution in [1.82, 2.24) is 5.16 Å².